The van der Waals surface area contributed by atoms with E-state index >= 15 is 0 Å². The Kier molecular flexibility index (Phi) is 22.9. The Labute approximate surface area is 358 Å². The predicted molar refractivity (Wildman–Crippen MR) is 253 cm³/mol. The van der Waals surface area contributed by atoms with Crippen molar-refractivity contribution in [2.45, 2.75) is 40.3 Å². The number of rotatable bonds is 24. The number of hydrogen-bond donors (Lipinski definition) is 12. The number of nitrogens with one attached hydrogen (secondary N) is 6. The Morgan fingerprint density at radius 3 is 1.05 bits per heavy atom. The summed E-state index contributed by atoms with van der Waals surface area (Å²) in [4.78, 5) is 0. The summed E-state index contributed by atoms with van der Waals surface area (Å²) in [6.45, 7) is 5.04. The third kappa shape index (κ3) is 21.1. The zero-order valence-electron chi connectivity index (χ0n) is 30.6. The van der Waals surface area contributed by atoms with Crippen molar-refractivity contribution < 1.29 is 9.47 Å². The van der Waals surface area contributed by atoms with E-state index < -0.39 is 0 Å². The molecule has 4 atom stereocenters. The average molecular weight is 905 g/mol. The van der Waals surface area contributed by atoms with Crippen LogP contribution in [-0.2, 0) is 5.41 Å². The van der Waals surface area contributed by atoms with Crippen LogP contribution in [0.4, 0.5) is 0 Å². The molecule has 0 heterocycles. The first-order valence-electron chi connectivity index (χ1n) is 16.5. The first kappa shape index (κ1) is 48.8. The van der Waals surface area contributed by atoms with E-state index in [4.69, 9.17) is 76.3 Å². The molecule has 0 amide bonds. The summed E-state index contributed by atoms with van der Waals surface area (Å²) in [5.41, 5.74) is 35.5. The Bertz CT molecular complexity index is 1460. The summed E-state index contributed by atoms with van der Waals surface area (Å²) < 4.78 is 12.3. The molecule has 14 nitrogen and oxygen atoms in total. The molecule has 0 aromatic heterocycles. The molecule has 0 aliphatic heterocycles. The molecule has 0 fully saturated rings. The van der Waals surface area contributed by atoms with Crippen molar-refractivity contribution in [2.75, 3.05) is 47.7 Å². The minimum Gasteiger partial charge on any atom is -0.492 e. The highest BCUT2D eigenvalue weighted by atomic mass is 32.2. The van der Waals surface area contributed by atoms with Gasteiger partial charge in [-0.15, -0.1) is 0 Å². The van der Waals surface area contributed by atoms with Gasteiger partial charge in [0.25, 0.3) is 0 Å². The topological polar surface area (TPSA) is 318 Å². The van der Waals surface area contributed by atoms with Gasteiger partial charge in [0, 0.05) is 50.4 Å². The van der Waals surface area contributed by atoms with Crippen LogP contribution in [0.2, 0.25) is 0 Å². The summed E-state index contributed by atoms with van der Waals surface area (Å²) in [6.07, 6.45) is 0. The number of nitrogens with two attached hydrogens (primary N) is 6. The first-order chi connectivity index (χ1) is 25.9. The molecule has 304 valence electrons. The van der Waals surface area contributed by atoms with Crippen LogP contribution in [0.3, 0.4) is 0 Å². The van der Waals surface area contributed by atoms with Crippen LogP contribution in [0.1, 0.15) is 25.0 Å². The molecule has 0 radical (unpaired) electrons. The van der Waals surface area contributed by atoms with Gasteiger partial charge in [0.1, 0.15) is 24.7 Å². The number of benzene rings is 2. The van der Waals surface area contributed by atoms with E-state index in [0.29, 0.717) is 59.2 Å². The summed E-state index contributed by atoms with van der Waals surface area (Å²) in [5, 5.41) is 45.9. The summed E-state index contributed by atoms with van der Waals surface area (Å²) >= 11 is 10.8. The molecular weight excluding hydrogens is 853 g/mol. The van der Waals surface area contributed by atoms with E-state index in [0.717, 1.165) is 11.1 Å². The van der Waals surface area contributed by atoms with Crippen LogP contribution in [0.25, 0.3) is 0 Å². The van der Waals surface area contributed by atoms with Gasteiger partial charge < -0.3 is 43.9 Å². The Morgan fingerprint density at radius 1 is 0.473 bits per heavy atom. The maximum atomic E-state index is 7.81. The van der Waals surface area contributed by atoms with Crippen LogP contribution in [0.15, 0.2) is 48.5 Å². The highest BCUT2D eigenvalue weighted by molar-refractivity contribution is 8.18. The smallest absolute Gasteiger partial charge is 0.151 e. The Hall–Kier alpha value is -2.34. The quantitative estimate of drug-likeness (QED) is 0.0459. The minimum atomic E-state index is -0.311. The zero-order chi connectivity index (χ0) is 41.0. The van der Waals surface area contributed by atoms with Gasteiger partial charge in [0.2, 0.25) is 0 Å². The highest BCUT2D eigenvalue weighted by Crippen LogP contribution is 2.34. The Balaban J connectivity index is 1.96. The fraction of sp³-hybridized carbons (Fsp3) is 0.455. The molecule has 0 bridgehead atoms. The first-order valence-corrected chi connectivity index (χ1v) is 24.3. The van der Waals surface area contributed by atoms with Crippen molar-refractivity contribution in [2.24, 2.45) is 34.4 Å². The molecule has 0 saturated carbocycles. The normalized spacial score (nSPS) is 13.6. The van der Waals surface area contributed by atoms with E-state index in [-0.39, 0.29) is 57.4 Å². The lowest BCUT2D eigenvalue weighted by Gasteiger charge is -2.27. The fourth-order valence-corrected chi connectivity index (χ4v) is 12.6. The highest BCUT2D eigenvalue weighted by Gasteiger charge is 2.24. The maximum absolute atomic E-state index is 7.81. The van der Waals surface area contributed by atoms with Crippen LogP contribution >= 0.6 is 94.1 Å². The molecule has 55 heavy (non-hydrogen) atoms. The van der Waals surface area contributed by atoms with Gasteiger partial charge in [-0.2, -0.15) is 23.5 Å². The van der Waals surface area contributed by atoms with Gasteiger partial charge in [-0.05, 0) is 35.4 Å². The van der Waals surface area contributed by atoms with Crippen LogP contribution < -0.4 is 43.9 Å². The van der Waals surface area contributed by atoms with Gasteiger partial charge in [-0.1, -0.05) is 109 Å². The van der Waals surface area contributed by atoms with Crippen molar-refractivity contribution in [1.29, 1.82) is 32.5 Å². The zero-order valence-corrected chi connectivity index (χ0v) is 37.2. The standard InChI is InChI=1S/C33H52N12O2S8/c1-33(2,19-3-7-21(8-4-19)46-11-23(52-29(38)39)13-48-15-25(54-31(42)43)17-50-27(34)35)20-5-9-22(10-6-20)47-12-24(53-30(40)41)14-49-16-26(55-32(44)45)18-51-28(36)37/h3-10,23-26H,11-18H2,1-2H3,(H3,34,35)(H3,36,37)(H3,38,39)(H3,40,41)(H3,42,43)(H3,44,45). The van der Waals surface area contributed by atoms with Crippen LogP contribution in [0.5, 0.6) is 11.5 Å². The average Bonchev–Trinajstić information content (AvgIpc) is 3.10. The summed E-state index contributed by atoms with van der Waals surface area (Å²) in [7, 11) is 0. The second-order valence-electron chi connectivity index (χ2n) is 12.1. The third-order valence-corrected chi connectivity index (χ3v) is 16.5. The summed E-state index contributed by atoms with van der Waals surface area (Å²) in [6, 6.07) is 16.0. The lowest BCUT2D eigenvalue weighted by atomic mass is 9.78. The molecule has 0 aliphatic carbocycles. The number of thioether (sulfide) groups is 8. The van der Waals surface area contributed by atoms with Gasteiger partial charge in [0.15, 0.2) is 31.0 Å². The molecule has 0 spiro atoms. The lowest BCUT2D eigenvalue weighted by molar-refractivity contribution is 0.323. The van der Waals surface area contributed by atoms with E-state index in [1.807, 2.05) is 24.3 Å². The van der Waals surface area contributed by atoms with E-state index in [2.05, 4.69) is 38.1 Å². The SMILES string of the molecule is CC(C)(c1ccc(OCC(CSCC(CSC(=N)N)SC(=N)N)SC(=N)N)cc1)c1ccc(OCC(CSCC(CSC(=N)N)SC(=N)N)SC(=N)N)cc1. The number of amidine groups is 6. The van der Waals surface area contributed by atoms with Gasteiger partial charge in [-0.3, -0.25) is 32.5 Å². The Morgan fingerprint density at radius 2 is 0.764 bits per heavy atom. The van der Waals surface area contributed by atoms with Crippen molar-refractivity contribution in [3.05, 3.63) is 59.7 Å². The van der Waals surface area contributed by atoms with Crippen molar-refractivity contribution in [3.63, 3.8) is 0 Å². The van der Waals surface area contributed by atoms with Crippen LogP contribution in [0, 0.1) is 32.5 Å². The molecule has 4 unspecified atom stereocenters. The number of ether oxygens (including phenoxy) is 2. The molecule has 22 heteroatoms. The molecule has 18 N–H and O–H groups in total. The molecule has 2 rings (SSSR count). The van der Waals surface area contributed by atoms with E-state index in [1.54, 1.807) is 23.5 Å². The van der Waals surface area contributed by atoms with Gasteiger partial charge in [0.05, 0.1) is 10.5 Å². The van der Waals surface area contributed by atoms with Crippen molar-refractivity contribution >= 4 is 125 Å². The molecule has 2 aromatic carbocycles. The van der Waals surface area contributed by atoms with Crippen LogP contribution in [-0.4, -0.2) is 99.7 Å². The minimum absolute atomic E-state index is 0.0191. The molecule has 0 aliphatic rings. The molecular formula is C33H52N12O2S8. The second kappa shape index (κ2) is 25.8. The molecule has 2 aromatic rings. The van der Waals surface area contributed by atoms with Gasteiger partial charge >= 0.3 is 0 Å². The summed E-state index contributed by atoms with van der Waals surface area (Å²) in [5.74, 6) is 5.32. The van der Waals surface area contributed by atoms with Gasteiger partial charge in [-0.25, -0.2) is 0 Å². The number of hydrogen-bond acceptors (Lipinski definition) is 16. The molecule has 0 saturated heterocycles. The second-order valence-corrected chi connectivity index (χ2v) is 21.8. The van der Waals surface area contributed by atoms with Crippen molar-refractivity contribution in [3.8, 4) is 11.5 Å². The van der Waals surface area contributed by atoms with E-state index in [9.17, 15) is 0 Å². The van der Waals surface area contributed by atoms with Crippen molar-refractivity contribution in [1.82, 2.24) is 0 Å². The predicted octanol–water partition coefficient (Wildman–Crippen LogP) is 5.47. The lowest BCUT2D eigenvalue weighted by Crippen LogP contribution is -2.24. The third-order valence-electron chi connectivity index (χ3n) is 7.26. The largest absolute Gasteiger partial charge is 0.492 e. The van der Waals surface area contributed by atoms with E-state index in [1.165, 1.54) is 70.6 Å². The fourth-order valence-electron chi connectivity index (χ4n) is 4.69. The monoisotopic (exact) mass is 904 g/mol. The maximum Gasteiger partial charge on any atom is 0.151 e.